The minimum atomic E-state index is -0.410. The van der Waals surface area contributed by atoms with Gasteiger partial charge in [-0.15, -0.1) is 0 Å². The second-order valence-corrected chi connectivity index (χ2v) is 3.91. The molecule has 0 amide bonds. The van der Waals surface area contributed by atoms with Gasteiger partial charge in [-0.05, 0) is 34.2 Å². The lowest BCUT2D eigenvalue weighted by atomic mass is 10.1. The van der Waals surface area contributed by atoms with Gasteiger partial charge in [0.1, 0.15) is 0 Å². The van der Waals surface area contributed by atoms with E-state index in [4.69, 9.17) is 0 Å². The minimum absolute atomic E-state index is 0.410. The first-order chi connectivity index (χ1) is 6.79. The molecule has 0 N–H and O–H groups in total. The van der Waals surface area contributed by atoms with Gasteiger partial charge in [-0.25, -0.2) is 4.98 Å². The van der Waals surface area contributed by atoms with Crippen LogP contribution in [-0.2, 0) is 0 Å². The Bertz CT molecular complexity index is 442. The molecule has 2 rings (SSSR count). The number of nitrogens with zero attached hydrogens (tertiary/aromatic N) is 1. The fourth-order valence-electron chi connectivity index (χ4n) is 1.26. The minimum Gasteiger partial charge on any atom is -0.227 e. The molecule has 1 heterocycles. The molecule has 0 unspecified atom stereocenters. The molecule has 0 atom stereocenters. The number of benzene rings is 1. The van der Waals surface area contributed by atoms with Crippen LogP contribution in [0.5, 0.6) is 0 Å². The van der Waals surface area contributed by atoms with Gasteiger partial charge in [0.05, 0.1) is 3.57 Å². The summed E-state index contributed by atoms with van der Waals surface area (Å²) in [4.78, 5) is 3.59. The number of hydrogen-bond donors (Lipinski definition) is 0. The second-order valence-electron chi connectivity index (χ2n) is 2.83. The SMILES string of the molecule is Fc1nccc(-c2ccccc2)c1I. The van der Waals surface area contributed by atoms with Crippen LogP contribution in [-0.4, -0.2) is 4.98 Å². The zero-order chi connectivity index (χ0) is 9.97. The molecule has 14 heavy (non-hydrogen) atoms. The summed E-state index contributed by atoms with van der Waals surface area (Å²) in [6.45, 7) is 0. The number of aromatic nitrogens is 1. The highest BCUT2D eigenvalue weighted by molar-refractivity contribution is 14.1. The van der Waals surface area contributed by atoms with Crippen molar-refractivity contribution in [2.45, 2.75) is 0 Å². The molecule has 2 aromatic rings. The summed E-state index contributed by atoms with van der Waals surface area (Å²) >= 11 is 1.97. The highest BCUT2D eigenvalue weighted by atomic mass is 127. The molecule has 0 saturated carbocycles. The molecule has 1 aromatic carbocycles. The fraction of sp³-hybridized carbons (Fsp3) is 0. The van der Waals surface area contributed by atoms with E-state index in [0.29, 0.717) is 3.57 Å². The first-order valence-electron chi connectivity index (χ1n) is 4.14. The van der Waals surface area contributed by atoms with Gasteiger partial charge in [-0.2, -0.15) is 4.39 Å². The molecule has 0 bridgehead atoms. The summed E-state index contributed by atoms with van der Waals surface area (Å²) in [5.74, 6) is -0.410. The Morgan fingerprint density at radius 3 is 2.50 bits per heavy atom. The maximum Gasteiger partial charge on any atom is 0.226 e. The van der Waals surface area contributed by atoms with Gasteiger partial charge >= 0.3 is 0 Å². The molecule has 0 aliphatic carbocycles. The van der Waals surface area contributed by atoms with Gasteiger partial charge in [0, 0.05) is 11.8 Å². The van der Waals surface area contributed by atoms with Crippen LogP contribution < -0.4 is 0 Å². The van der Waals surface area contributed by atoms with E-state index in [9.17, 15) is 4.39 Å². The van der Waals surface area contributed by atoms with Crippen molar-refractivity contribution in [3.05, 3.63) is 52.1 Å². The lowest BCUT2D eigenvalue weighted by Gasteiger charge is -2.03. The lowest BCUT2D eigenvalue weighted by molar-refractivity contribution is 0.576. The first kappa shape index (κ1) is 9.58. The summed E-state index contributed by atoms with van der Waals surface area (Å²) in [6, 6.07) is 11.5. The second kappa shape index (κ2) is 4.04. The van der Waals surface area contributed by atoms with Crippen LogP contribution in [0.2, 0.25) is 0 Å². The van der Waals surface area contributed by atoms with Gasteiger partial charge in [0.2, 0.25) is 5.95 Å². The van der Waals surface area contributed by atoms with Crippen molar-refractivity contribution in [1.29, 1.82) is 0 Å². The number of rotatable bonds is 1. The zero-order valence-corrected chi connectivity index (χ0v) is 9.40. The molecule has 0 aliphatic heterocycles. The molecule has 0 fully saturated rings. The van der Waals surface area contributed by atoms with Crippen LogP contribution in [0.1, 0.15) is 0 Å². The number of halogens is 2. The van der Waals surface area contributed by atoms with Crippen LogP contribution in [0.15, 0.2) is 42.6 Å². The van der Waals surface area contributed by atoms with Gasteiger partial charge in [-0.3, -0.25) is 0 Å². The third-order valence-electron chi connectivity index (χ3n) is 1.93. The largest absolute Gasteiger partial charge is 0.227 e. The molecule has 0 spiro atoms. The van der Waals surface area contributed by atoms with Crippen LogP contribution in [0.3, 0.4) is 0 Å². The molecule has 0 aliphatic rings. The predicted molar refractivity (Wildman–Crippen MR) is 62.3 cm³/mol. The Kier molecular flexibility index (Phi) is 2.77. The Labute approximate surface area is 95.1 Å². The van der Waals surface area contributed by atoms with Crippen molar-refractivity contribution >= 4 is 22.6 Å². The van der Waals surface area contributed by atoms with E-state index in [0.717, 1.165) is 11.1 Å². The van der Waals surface area contributed by atoms with E-state index >= 15 is 0 Å². The predicted octanol–water partition coefficient (Wildman–Crippen LogP) is 3.49. The third kappa shape index (κ3) is 1.77. The Balaban J connectivity index is 2.58. The fourth-order valence-corrected chi connectivity index (χ4v) is 1.89. The van der Waals surface area contributed by atoms with Crippen LogP contribution in [0, 0.1) is 9.52 Å². The summed E-state index contributed by atoms with van der Waals surface area (Å²) in [5.41, 5.74) is 1.90. The molecular weight excluding hydrogens is 292 g/mol. The maximum atomic E-state index is 13.1. The highest BCUT2D eigenvalue weighted by Crippen LogP contribution is 2.25. The quantitative estimate of drug-likeness (QED) is 0.580. The molecule has 70 valence electrons. The summed E-state index contributed by atoms with van der Waals surface area (Å²) in [6.07, 6.45) is 1.49. The van der Waals surface area contributed by atoms with E-state index in [1.807, 2.05) is 59.0 Å². The summed E-state index contributed by atoms with van der Waals surface area (Å²) < 4.78 is 13.7. The summed E-state index contributed by atoms with van der Waals surface area (Å²) in [7, 11) is 0. The highest BCUT2D eigenvalue weighted by Gasteiger charge is 2.07. The zero-order valence-electron chi connectivity index (χ0n) is 7.24. The van der Waals surface area contributed by atoms with Crippen LogP contribution in [0.25, 0.3) is 11.1 Å². The number of hydrogen-bond acceptors (Lipinski definition) is 1. The average molecular weight is 299 g/mol. The van der Waals surface area contributed by atoms with E-state index in [2.05, 4.69) is 4.98 Å². The molecule has 0 saturated heterocycles. The van der Waals surface area contributed by atoms with E-state index in [1.54, 1.807) is 0 Å². The normalized spacial score (nSPS) is 10.1. The van der Waals surface area contributed by atoms with Gasteiger partial charge in [-0.1, -0.05) is 30.3 Å². The monoisotopic (exact) mass is 299 g/mol. The molecule has 3 heteroatoms. The first-order valence-corrected chi connectivity index (χ1v) is 5.22. The molecule has 1 aromatic heterocycles. The third-order valence-corrected chi connectivity index (χ3v) is 2.96. The van der Waals surface area contributed by atoms with E-state index in [-0.39, 0.29) is 0 Å². The Morgan fingerprint density at radius 1 is 1.07 bits per heavy atom. The summed E-state index contributed by atoms with van der Waals surface area (Å²) in [5, 5.41) is 0. The van der Waals surface area contributed by atoms with Gasteiger partial charge in [0.25, 0.3) is 0 Å². The van der Waals surface area contributed by atoms with Crippen molar-refractivity contribution in [2.75, 3.05) is 0 Å². The van der Waals surface area contributed by atoms with Gasteiger partial charge in [0.15, 0.2) is 0 Å². The number of pyridine rings is 1. The standard InChI is InChI=1S/C11H7FIN/c12-11-10(13)9(6-7-14-11)8-4-2-1-3-5-8/h1-7H. The molecule has 0 radical (unpaired) electrons. The Hall–Kier alpha value is -0.970. The Morgan fingerprint density at radius 2 is 1.79 bits per heavy atom. The van der Waals surface area contributed by atoms with Crippen LogP contribution >= 0.6 is 22.6 Å². The van der Waals surface area contributed by atoms with Crippen molar-refractivity contribution in [1.82, 2.24) is 4.98 Å². The molecule has 1 nitrogen and oxygen atoms in total. The van der Waals surface area contributed by atoms with Crippen molar-refractivity contribution in [2.24, 2.45) is 0 Å². The average Bonchev–Trinajstić information content (AvgIpc) is 2.23. The topological polar surface area (TPSA) is 12.9 Å². The maximum absolute atomic E-state index is 13.1. The van der Waals surface area contributed by atoms with Crippen molar-refractivity contribution < 1.29 is 4.39 Å². The lowest BCUT2D eigenvalue weighted by Crippen LogP contribution is -1.90. The van der Waals surface area contributed by atoms with E-state index in [1.165, 1.54) is 6.20 Å². The van der Waals surface area contributed by atoms with Gasteiger partial charge < -0.3 is 0 Å². The van der Waals surface area contributed by atoms with Crippen molar-refractivity contribution in [3.63, 3.8) is 0 Å². The van der Waals surface area contributed by atoms with Crippen LogP contribution in [0.4, 0.5) is 4.39 Å². The molecular formula is C11H7FIN. The van der Waals surface area contributed by atoms with Crippen molar-refractivity contribution in [3.8, 4) is 11.1 Å². The smallest absolute Gasteiger partial charge is 0.226 e. The van der Waals surface area contributed by atoms with E-state index < -0.39 is 5.95 Å².